The normalized spacial score (nSPS) is 10.4. The highest BCUT2D eigenvalue weighted by molar-refractivity contribution is 6.02. The highest BCUT2D eigenvalue weighted by atomic mass is 16.5. The summed E-state index contributed by atoms with van der Waals surface area (Å²) in [5.74, 6) is 0.0395. The largest absolute Gasteiger partial charge is 0.506 e. The summed E-state index contributed by atoms with van der Waals surface area (Å²) in [7, 11) is 4.43. The maximum atomic E-state index is 11.7. The fourth-order valence-corrected chi connectivity index (χ4v) is 1.88. The van der Waals surface area contributed by atoms with Gasteiger partial charge in [0.1, 0.15) is 28.4 Å². The van der Waals surface area contributed by atoms with E-state index in [9.17, 15) is 9.90 Å². The van der Waals surface area contributed by atoms with Crippen LogP contribution in [0.25, 0.3) is 11.4 Å². The van der Waals surface area contributed by atoms with Crippen molar-refractivity contribution >= 4 is 5.78 Å². The molecule has 0 aliphatic rings. The molecule has 2 rings (SSSR count). The number of benzene rings is 1. The molecule has 0 amide bonds. The number of ketones is 1. The van der Waals surface area contributed by atoms with Crippen LogP contribution in [-0.4, -0.2) is 45.3 Å². The van der Waals surface area contributed by atoms with Gasteiger partial charge in [-0.05, 0) is 12.1 Å². The van der Waals surface area contributed by atoms with Gasteiger partial charge in [-0.1, -0.05) is 0 Å². The smallest absolute Gasteiger partial charge is 0.212 e. The molecule has 0 saturated carbocycles. The van der Waals surface area contributed by atoms with E-state index in [1.54, 1.807) is 7.05 Å². The molecule has 20 heavy (non-hydrogen) atoms. The van der Waals surface area contributed by atoms with Crippen molar-refractivity contribution in [3.63, 3.8) is 0 Å². The van der Waals surface area contributed by atoms with E-state index in [0.717, 1.165) is 0 Å². The SMILES string of the molecule is COc1cc(OC)c(-c2nnn(C)n2)c(O)c1C(C)=O. The summed E-state index contributed by atoms with van der Waals surface area (Å²) in [6.07, 6.45) is 0. The number of hydrogen-bond acceptors (Lipinski definition) is 7. The minimum atomic E-state index is -0.341. The van der Waals surface area contributed by atoms with Crippen molar-refractivity contribution < 1.29 is 19.4 Å². The molecule has 0 spiro atoms. The predicted molar refractivity (Wildman–Crippen MR) is 69.0 cm³/mol. The van der Waals surface area contributed by atoms with Crippen LogP contribution < -0.4 is 9.47 Å². The van der Waals surface area contributed by atoms with Crippen molar-refractivity contribution in [2.24, 2.45) is 7.05 Å². The Morgan fingerprint density at radius 1 is 1.30 bits per heavy atom. The Hall–Kier alpha value is -2.64. The van der Waals surface area contributed by atoms with E-state index in [-0.39, 0.29) is 40.0 Å². The van der Waals surface area contributed by atoms with Crippen LogP contribution in [0.1, 0.15) is 17.3 Å². The average Bonchev–Trinajstić information content (AvgIpc) is 2.82. The second-order valence-corrected chi connectivity index (χ2v) is 4.04. The summed E-state index contributed by atoms with van der Waals surface area (Å²) in [4.78, 5) is 12.9. The van der Waals surface area contributed by atoms with Crippen LogP contribution in [-0.2, 0) is 7.05 Å². The molecule has 0 atom stereocenters. The van der Waals surface area contributed by atoms with Crippen molar-refractivity contribution in [2.75, 3.05) is 14.2 Å². The van der Waals surface area contributed by atoms with Gasteiger partial charge in [0.2, 0.25) is 5.82 Å². The van der Waals surface area contributed by atoms with Crippen LogP contribution in [0.2, 0.25) is 0 Å². The maximum Gasteiger partial charge on any atom is 0.212 e. The number of rotatable bonds is 4. The zero-order valence-corrected chi connectivity index (χ0v) is 11.5. The van der Waals surface area contributed by atoms with E-state index in [4.69, 9.17) is 9.47 Å². The number of carbonyl (C=O) groups is 1. The summed E-state index contributed by atoms with van der Waals surface area (Å²) >= 11 is 0. The van der Waals surface area contributed by atoms with Crippen LogP contribution in [0.4, 0.5) is 0 Å². The summed E-state index contributed by atoms with van der Waals surface area (Å²) < 4.78 is 10.3. The third kappa shape index (κ3) is 2.15. The van der Waals surface area contributed by atoms with Crippen LogP contribution in [0, 0.1) is 0 Å². The quantitative estimate of drug-likeness (QED) is 0.826. The van der Waals surface area contributed by atoms with Crippen molar-refractivity contribution in [1.29, 1.82) is 0 Å². The zero-order chi connectivity index (χ0) is 14.9. The molecular formula is C12H14N4O4. The van der Waals surface area contributed by atoms with Crippen LogP contribution >= 0.6 is 0 Å². The van der Waals surface area contributed by atoms with E-state index in [2.05, 4.69) is 15.4 Å². The van der Waals surface area contributed by atoms with Gasteiger partial charge in [-0.15, -0.1) is 10.2 Å². The topological polar surface area (TPSA) is 99.4 Å². The number of ether oxygens (including phenoxy) is 2. The highest BCUT2D eigenvalue weighted by Crippen LogP contribution is 2.43. The molecule has 1 aromatic heterocycles. The molecule has 8 nitrogen and oxygen atoms in total. The number of methoxy groups -OCH3 is 2. The van der Waals surface area contributed by atoms with E-state index in [0.29, 0.717) is 0 Å². The standard InChI is InChI=1S/C12H14N4O4/c1-6(17)9-7(19-3)5-8(20-4)10(11(9)18)12-13-15-16(2)14-12/h5,18H,1-4H3. The van der Waals surface area contributed by atoms with Crippen LogP contribution in [0.5, 0.6) is 17.2 Å². The monoisotopic (exact) mass is 278 g/mol. The number of nitrogens with zero attached hydrogens (tertiary/aromatic N) is 4. The molecule has 0 bridgehead atoms. The number of carbonyl (C=O) groups excluding carboxylic acids is 1. The van der Waals surface area contributed by atoms with Crippen molar-refractivity contribution in [3.05, 3.63) is 11.6 Å². The number of tetrazole rings is 1. The minimum Gasteiger partial charge on any atom is -0.506 e. The fraction of sp³-hybridized carbons (Fsp3) is 0.333. The lowest BCUT2D eigenvalue weighted by atomic mass is 10.0. The second kappa shape index (κ2) is 5.16. The van der Waals surface area contributed by atoms with Gasteiger partial charge in [0, 0.05) is 6.07 Å². The number of phenolic OH excluding ortho intramolecular Hbond substituents is 1. The molecular weight excluding hydrogens is 264 g/mol. The van der Waals surface area contributed by atoms with E-state index in [1.165, 1.54) is 32.0 Å². The summed E-state index contributed by atoms with van der Waals surface area (Å²) in [6.45, 7) is 1.33. The van der Waals surface area contributed by atoms with E-state index >= 15 is 0 Å². The van der Waals surface area contributed by atoms with Crippen molar-refractivity contribution in [2.45, 2.75) is 6.92 Å². The van der Waals surface area contributed by atoms with Gasteiger partial charge < -0.3 is 14.6 Å². The van der Waals surface area contributed by atoms with Gasteiger partial charge in [0.15, 0.2) is 5.78 Å². The fourth-order valence-electron chi connectivity index (χ4n) is 1.88. The summed E-state index contributed by atoms with van der Waals surface area (Å²) in [6, 6.07) is 1.50. The predicted octanol–water partition coefficient (Wildman–Crippen LogP) is 0.802. The lowest BCUT2D eigenvalue weighted by molar-refractivity contribution is 0.101. The molecule has 8 heteroatoms. The molecule has 1 heterocycles. The average molecular weight is 278 g/mol. The Morgan fingerprint density at radius 2 is 1.95 bits per heavy atom. The number of hydrogen-bond donors (Lipinski definition) is 1. The number of aryl methyl sites for hydroxylation is 1. The van der Waals surface area contributed by atoms with Crippen LogP contribution in [0.3, 0.4) is 0 Å². The van der Waals surface area contributed by atoms with Crippen LogP contribution in [0.15, 0.2) is 6.07 Å². The van der Waals surface area contributed by atoms with Crippen molar-refractivity contribution in [3.8, 4) is 28.6 Å². The van der Waals surface area contributed by atoms with E-state index < -0.39 is 0 Å². The Balaban J connectivity index is 2.78. The lowest BCUT2D eigenvalue weighted by Gasteiger charge is -2.14. The third-order valence-electron chi connectivity index (χ3n) is 2.75. The highest BCUT2D eigenvalue weighted by Gasteiger charge is 2.25. The minimum absolute atomic E-state index is 0.0516. The number of aromatic hydroxyl groups is 1. The van der Waals surface area contributed by atoms with E-state index in [1.807, 2.05) is 0 Å². The first-order valence-corrected chi connectivity index (χ1v) is 5.72. The third-order valence-corrected chi connectivity index (χ3v) is 2.75. The molecule has 0 radical (unpaired) electrons. The maximum absolute atomic E-state index is 11.7. The Labute approximate surface area is 114 Å². The Bertz CT molecular complexity index is 666. The van der Waals surface area contributed by atoms with Gasteiger partial charge in [-0.25, -0.2) is 0 Å². The van der Waals surface area contributed by atoms with Gasteiger partial charge in [0.25, 0.3) is 0 Å². The number of aromatic nitrogens is 4. The lowest BCUT2D eigenvalue weighted by Crippen LogP contribution is -2.02. The molecule has 106 valence electrons. The van der Waals surface area contributed by atoms with Crippen molar-refractivity contribution in [1.82, 2.24) is 20.2 Å². The molecule has 0 unspecified atom stereocenters. The first-order valence-electron chi connectivity index (χ1n) is 5.72. The summed E-state index contributed by atoms with van der Waals surface area (Å²) in [5.41, 5.74) is 0.252. The van der Waals surface area contributed by atoms with Gasteiger partial charge >= 0.3 is 0 Å². The second-order valence-electron chi connectivity index (χ2n) is 4.04. The first-order chi connectivity index (χ1) is 9.49. The molecule has 0 aliphatic carbocycles. The molecule has 0 saturated heterocycles. The first kappa shape index (κ1) is 13.8. The molecule has 2 aromatic rings. The Kier molecular flexibility index (Phi) is 3.55. The summed E-state index contributed by atoms with van der Waals surface area (Å²) in [5, 5.41) is 21.9. The number of phenols is 1. The zero-order valence-electron chi connectivity index (χ0n) is 11.5. The molecule has 1 aromatic carbocycles. The molecule has 0 fully saturated rings. The van der Waals surface area contributed by atoms with Gasteiger partial charge in [0.05, 0.1) is 21.3 Å². The number of Topliss-reactive ketones (excluding diaryl/α,β-unsaturated/α-hetero) is 1. The molecule has 1 N–H and O–H groups in total. The van der Waals surface area contributed by atoms with Gasteiger partial charge in [-0.2, -0.15) is 4.80 Å². The molecule has 0 aliphatic heterocycles. The Morgan fingerprint density at radius 3 is 2.40 bits per heavy atom. The van der Waals surface area contributed by atoms with Gasteiger partial charge in [-0.3, -0.25) is 4.79 Å².